The lowest BCUT2D eigenvalue weighted by Gasteiger charge is -2.01. The number of imidazole rings is 1. The van der Waals surface area contributed by atoms with Gasteiger partial charge in [-0.1, -0.05) is 12.1 Å². The van der Waals surface area contributed by atoms with Gasteiger partial charge in [0.05, 0.1) is 17.2 Å². The number of hydrogen-bond acceptors (Lipinski definition) is 3. The van der Waals surface area contributed by atoms with E-state index in [0.29, 0.717) is 5.95 Å². The normalized spacial score (nSPS) is 11.3. The molecule has 0 atom stereocenters. The molecule has 0 saturated heterocycles. The highest BCUT2D eigenvalue weighted by molar-refractivity contribution is 6.01. The van der Waals surface area contributed by atoms with E-state index in [9.17, 15) is 4.79 Å². The van der Waals surface area contributed by atoms with Crippen molar-refractivity contribution in [3.05, 3.63) is 48.3 Å². The molecular weight excluding hydrogens is 266 g/mol. The van der Waals surface area contributed by atoms with Crippen LogP contribution in [-0.2, 0) is 18.9 Å². The van der Waals surface area contributed by atoms with E-state index in [1.54, 1.807) is 17.0 Å². The number of rotatable bonds is 3. The van der Waals surface area contributed by atoms with Crippen LogP contribution in [0.3, 0.4) is 0 Å². The van der Waals surface area contributed by atoms with Gasteiger partial charge in [0.2, 0.25) is 5.95 Å². The van der Waals surface area contributed by atoms with Crippen molar-refractivity contribution >= 4 is 29.0 Å². The van der Waals surface area contributed by atoms with Gasteiger partial charge in [-0.15, -0.1) is 0 Å². The van der Waals surface area contributed by atoms with Crippen LogP contribution in [0.1, 0.15) is 5.56 Å². The first-order valence-corrected chi connectivity index (χ1v) is 6.52. The summed E-state index contributed by atoms with van der Waals surface area (Å²) in [5.74, 6) is 0.300. The summed E-state index contributed by atoms with van der Waals surface area (Å²) in [6.45, 7) is 0. The molecule has 0 saturated carbocycles. The highest BCUT2D eigenvalue weighted by Gasteiger charge is 2.08. The van der Waals surface area contributed by atoms with E-state index in [0.717, 1.165) is 16.6 Å². The topological polar surface area (TPSA) is 64.7 Å². The van der Waals surface area contributed by atoms with Gasteiger partial charge in [-0.2, -0.15) is 5.10 Å². The maximum absolute atomic E-state index is 11.9. The number of benzene rings is 1. The quantitative estimate of drug-likeness (QED) is 0.746. The van der Waals surface area contributed by atoms with Crippen LogP contribution in [0.2, 0.25) is 0 Å². The Morgan fingerprint density at radius 3 is 2.81 bits per heavy atom. The third-order valence-corrected chi connectivity index (χ3v) is 3.17. The largest absolute Gasteiger partial charge is 0.313 e. The second kappa shape index (κ2) is 5.24. The molecule has 0 unspecified atom stereocenters. The van der Waals surface area contributed by atoms with Gasteiger partial charge in [-0.05, 0) is 18.2 Å². The molecule has 21 heavy (non-hydrogen) atoms. The monoisotopic (exact) mass is 281 g/mol. The second-order valence-corrected chi connectivity index (χ2v) is 4.75. The summed E-state index contributed by atoms with van der Waals surface area (Å²) in [4.78, 5) is 16.3. The van der Waals surface area contributed by atoms with E-state index >= 15 is 0 Å². The third kappa shape index (κ3) is 2.69. The minimum Gasteiger partial charge on any atom is -0.313 e. The van der Waals surface area contributed by atoms with Crippen LogP contribution in [0.4, 0.5) is 5.95 Å². The Balaban J connectivity index is 1.77. The Labute approximate surface area is 121 Å². The number of amides is 1. The molecule has 0 fully saturated rings. The average molecular weight is 281 g/mol. The standard InChI is InChI=1S/C15H15N5O/c1-19-10-11(9-16-19)7-8-14(21)18-15-17-12-5-3-4-6-13(12)20(15)2/h3-10H,1-2H3,(H,17,18,21). The number of aryl methyl sites for hydroxylation is 2. The zero-order valence-corrected chi connectivity index (χ0v) is 11.8. The molecule has 1 aromatic carbocycles. The molecular formula is C15H15N5O. The Morgan fingerprint density at radius 2 is 2.10 bits per heavy atom. The minimum absolute atomic E-state index is 0.225. The zero-order valence-electron chi connectivity index (χ0n) is 11.8. The number of nitrogens with one attached hydrogen (secondary N) is 1. The summed E-state index contributed by atoms with van der Waals surface area (Å²) in [5.41, 5.74) is 2.70. The summed E-state index contributed by atoms with van der Waals surface area (Å²) < 4.78 is 3.54. The van der Waals surface area contributed by atoms with Crippen LogP contribution in [-0.4, -0.2) is 25.2 Å². The molecule has 3 aromatic rings. The summed E-state index contributed by atoms with van der Waals surface area (Å²) in [5, 5.41) is 6.81. The van der Waals surface area contributed by atoms with Crippen LogP contribution in [0, 0.1) is 0 Å². The molecule has 0 aliphatic carbocycles. The van der Waals surface area contributed by atoms with Crippen molar-refractivity contribution < 1.29 is 4.79 Å². The van der Waals surface area contributed by atoms with Crippen LogP contribution >= 0.6 is 0 Å². The predicted molar refractivity (Wildman–Crippen MR) is 81.6 cm³/mol. The van der Waals surface area contributed by atoms with E-state index in [2.05, 4.69) is 15.4 Å². The molecule has 0 aliphatic heterocycles. The van der Waals surface area contributed by atoms with E-state index < -0.39 is 0 Å². The first-order chi connectivity index (χ1) is 10.1. The fourth-order valence-electron chi connectivity index (χ4n) is 2.11. The Morgan fingerprint density at radius 1 is 1.29 bits per heavy atom. The SMILES string of the molecule is Cn1cc(C=CC(=O)Nc2nc3ccccc3n2C)cn1. The van der Waals surface area contributed by atoms with Gasteiger partial charge in [0, 0.05) is 31.9 Å². The first-order valence-electron chi connectivity index (χ1n) is 6.52. The lowest BCUT2D eigenvalue weighted by atomic mass is 10.3. The number of aromatic nitrogens is 4. The van der Waals surface area contributed by atoms with E-state index in [1.165, 1.54) is 6.08 Å². The van der Waals surface area contributed by atoms with Crippen molar-refractivity contribution in [1.82, 2.24) is 19.3 Å². The molecule has 0 radical (unpaired) electrons. The molecule has 106 valence electrons. The van der Waals surface area contributed by atoms with E-state index in [-0.39, 0.29) is 5.91 Å². The minimum atomic E-state index is -0.225. The molecule has 6 nitrogen and oxygen atoms in total. The summed E-state index contributed by atoms with van der Waals surface area (Å²) >= 11 is 0. The number of nitrogens with zero attached hydrogens (tertiary/aromatic N) is 4. The maximum Gasteiger partial charge on any atom is 0.250 e. The third-order valence-electron chi connectivity index (χ3n) is 3.17. The number of fused-ring (bicyclic) bond motifs is 1. The van der Waals surface area contributed by atoms with Crippen molar-refractivity contribution in [3.63, 3.8) is 0 Å². The molecule has 1 N–H and O–H groups in total. The van der Waals surface area contributed by atoms with E-state index in [4.69, 9.17) is 0 Å². The molecule has 0 spiro atoms. The molecule has 2 aromatic heterocycles. The molecule has 0 bridgehead atoms. The van der Waals surface area contributed by atoms with Crippen molar-refractivity contribution in [2.75, 3.05) is 5.32 Å². The van der Waals surface area contributed by atoms with Gasteiger partial charge >= 0.3 is 0 Å². The Bertz CT molecular complexity index is 828. The van der Waals surface area contributed by atoms with Gasteiger partial charge in [0.25, 0.3) is 5.91 Å². The Kier molecular flexibility index (Phi) is 3.27. The van der Waals surface area contributed by atoms with E-state index in [1.807, 2.05) is 49.1 Å². The van der Waals surface area contributed by atoms with Crippen LogP contribution < -0.4 is 5.32 Å². The van der Waals surface area contributed by atoms with Crippen LogP contribution in [0.25, 0.3) is 17.1 Å². The van der Waals surface area contributed by atoms with Gasteiger partial charge in [0.1, 0.15) is 0 Å². The second-order valence-electron chi connectivity index (χ2n) is 4.75. The summed E-state index contributed by atoms with van der Waals surface area (Å²) in [6.07, 6.45) is 6.71. The van der Waals surface area contributed by atoms with Crippen LogP contribution in [0.5, 0.6) is 0 Å². The maximum atomic E-state index is 11.9. The summed E-state index contributed by atoms with van der Waals surface area (Å²) in [7, 11) is 3.70. The molecule has 6 heteroatoms. The fraction of sp³-hybridized carbons (Fsp3) is 0.133. The highest BCUT2D eigenvalue weighted by Crippen LogP contribution is 2.17. The number of carbonyl (C=O) groups excluding carboxylic acids is 1. The van der Waals surface area contributed by atoms with Gasteiger partial charge < -0.3 is 4.57 Å². The molecule has 2 heterocycles. The van der Waals surface area contributed by atoms with Gasteiger partial charge in [0.15, 0.2) is 0 Å². The molecule has 0 aliphatic rings. The van der Waals surface area contributed by atoms with Gasteiger partial charge in [-0.3, -0.25) is 14.8 Å². The number of hydrogen-bond donors (Lipinski definition) is 1. The lowest BCUT2D eigenvalue weighted by molar-refractivity contribution is -0.111. The smallest absolute Gasteiger partial charge is 0.250 e. The van der Waals surface area contributed by atoms with Crippen molar-refractivity contribution in [3.8, 4) is 0 Å². The zero-order chi connectivity index (χ0) is 14.8. The molecule has 1 amide bonds. The fourth-order valence-corrected chi connectivity index (χ4v) is 2.11. The van der Waals surface area contributed by atoms with Crippen LogP contribution in [0.15, 0.2) is 42.7 Å². The predicted octanol–water partition coefficient (Wildman–Crippen LogP) is 1.96. The Hall–Kier alpha value is -2.89. The van der Waals surface area contributed by atoms with Gasteiger partial charge in [-0.25, -0.2) is 4.98 Å². The molecule has 3 rings (SSSR count). The summed E-state index contributed by atoms with van der Waals surface area (Å²) in [6, 6.07) is 7.74. The first kappa shape index (κ1) is 13.1. The van der Waals surface area contributed by atoms with Crippen molar-refractivity contribution in [2.45, 2.75) is 0 Å². The number of anilines is 1. The average Bonchev–Trinajstić information content (AvgIpc) is 3.02. The number of carbonyl (C=O) groups is 1. The highest BCUT2D eigenvalue weighted by atomic mass is 16.1. The lowest BCUT2D eigenvalue weighted by Crippen LogP contribution is -2.11. The van der Waals surface area contributed by atoms with Crippen molar-refractivity contribution in [2.24, 2.45) is 14.1 Å². The number of para-hydroxylation sites is 2. The van der Waals surface area contributed by atoms with Crippen molar-refractivity contribution in [1.29, 1.82) is 0 Å².